The summed E-state index contributed by atoms with van der Waals surface area (Å²) in [4.78, 5) is 12.0. The van der Waals surface area contributed by atoms with Crippen LogP contribution in [0.25, 0.3) is 0 Å². The summed E-state index contributed by atoms with van der Waals surface area (Å²) >= 11 is 0. The number of nitrogens with zero attached hydrogens (tertiary/aromatic N) is 1. The molecule has 0 radical (unpaired) electrons. The fourth-order valence-electron chi connectivity index (χ4n) is 1.84. The molecule has 1 aromatic rings. The zero-order chi connectivity index (χ0) is 15.2. The molecule has 0 aromatic carbocycles. The van der Waals surface area contributed by atoms with Crippen LogP contribution in [0.15, 0.2) is 10.6 Å². The van der Waals surface area contributed by atoms with E-state index in [1.54, 1.807) is 6.07 Å². The van der Waals surface area contributed by atoms with E-state index in [0.29, 0.717) is 5.82 Å². The van der Waals surface area contributed by atoms with Crippen molar-refractivity contribution in [2.45, 2.75) is 58.8 Å². The van der Waals surface area contributed by atoms with Crippen molar-refractivity contribution in [3.8, 4) is 0 Å². The zero-order valence-electron chi connectivity index (χ0n) is 13.0. The summed E-state index contributed by atoms with van der Waals surface area (Å²) in [5.41, 5.74) is 5.34. The summed E-state index contributed by atoms with van der Waals surface area (Å²) in [6, 6.07) is 1.79. The minimum Gasteiger partial charge on any atom is -0.359 e. The van der Waals surface area contributed by atoms with Gasteiger partial charge in [0.15, 0.2) is 5.82 Å². The van der Waals surface area contributed by atoms with Gasteiger partial charge in [0.2, 0.25) is 5.91 Å². The lowest BCUT2D eigenvalue weighted by Crippen LogP contribution is -2.20. The van der Waals surface area contributed by atoms with E-state index >= 15 is 0 Å². The van der Waals surface area contributed by atoms with E-state index in [0.717, 1.165) is 38.0 Å². The van der Waals surface area contributed by atoms with Crippen LogP contribution < -0.4 is 11.1 Å². The number of unbranched alkanes of at least 4 members (excludes halogenated alkanes) is 2. The van der Waals surface area contributed by atoms with Crippen molar-refractivity contribution < 1.29 is 9.32 Å². The van der Waals surface area contributed by atoms with Gasteiger partial charge in [0.1, 0.15) is 5.76 Å². The quantitative estimate of drug-likeness (QED) is 0.753. The molecule has 5 heteroatoms. The van der Waals surface area contributed by atoms with E-state index in [1.165, 1.54) is 0 Å². The number of rotatable bonds is 7. The third-order valence-electron chi connectivity index (χ3n) is 3.29. The van der Waals surface area contributed by atoms with Crippen molar-refractivity contribution in [2.24, 2.45) is 11.7 Å². The van der Waals surface area contributed by atoms with Crippen molar-refractivity contribution in [3.05, 3.63) is 11.8 Å². The van der Waals surface area contributed by atoms with Gasteiger partial charge in [-0.15, -0.1) is 0 Å². The third kappa shape index (κ3) is 5.33. The molecule has 1 amide bonds. The summed E-state index contributed by atoms with van der Waals surface area (Å²) in [5, 5.41) is 6.70. The molecule has 0 aliphatic heterocycles. The largest absolute Gasteiger partial charge is 0.359 e. The standard InChI is InChI=1S/C15H27N3O2/c1-11(8-6-5-7-9-16)14(19)17-13-10-12(20-18-13)15(2,3)4/h10-11H,5-9,16H2,1-4H3,(H,17,18,19). The lowest BCUT2D eigenvalue weighted by Gasteiger charge is -2.12. The molecule has 1 aromatic heterocycles. The molecule has 5 nitrogen and oxygen atoms in total. The molecule has 3 N–H and O–H groups in total. The highest BCUT2D eigenvalue weighted by atomic mass is 16.5. The summed E-state index contributed by atoms with van der Waals surface area (Å²) in [7, 11) is 0. The molecule has 0 saturated carbocycles. The topological polar surface area (TPSA) is 81.2 Å². The number of nitrogens with one attached hydrogen (secondary N) is 1. The first-order valence-electron chi connectivity index (χ1n) is 7.32. The predicted molar refractivity (Wildman–Crippen MR) is 80.5 cm³/mol. The molecule has 0 aliphatic carbocycles. The average molecular weight is 281 g/mol. The fourth-order valence-corrected chi connectivity index (χ4v) is 1.84. The Morgan fingerprint density at radius 2 is 2.10 bits per heavy atom. The van der Waals surface area contributed by atoms with Gasteiger partial charge in [0.25, 0.3) is 0 Å². The van der Waals surface area contributed by atoms with E-state index in [2.05, 4.69) is 10.5 Å². The molecule has 0 saturated heterocycles. The van der Waals surface area contributed by atoms with Gasteiger partial charge in [-0.2, -0.15) is 0 Å². The van der Waals surface area contributed by atoms with Gasteiger partial charge in [-0.3, -0.25) is 4.79 Å². The molecule has 114 valence electrons. The van der Waals surface area contributed by atoms with Gasteiger partial charge in [0, 0.05) is 17.4 Å². The van der Waals surface area contributed by atoms with Crippen LogP contribution in [0, 0.1) is 5.92 Å². The molecule has 0 spiro atoms. The van der Waals surface area contributed by atoms with Crippen LogP contribution in [-0.2, 0) is 10.2 Å². The van der Waals surface area contributed by atoms with Crippen molar-refractivity contribution >= 4 is 11.7 Å². The number of hydrogen-bond acceptors (Lipinski definition) is 4. The minimum absolute atomic E-state index is 0.00786. The first kappa shape index (κ1) is 16.7. The van der Waals surface area contributed by atoms with Crippen molar-refractivity contribution in [1.29, 1.82) is 0 Å². The second-order valence-electron chi connectivity index (χ2n) is 6.35. The lowest BCUT2D eigenvalue weighted by atomic mass is 9.93. The van der Waals surface area contributed by atoms with Gasteiger partial charge >= 0.3 is 0 Å². The Morgan fingerprint density at radius 1 is 1.40 bits per heavy atom. The number of amides is 1. The maximum Gasteiger partial charge on any atom is 0.228 e. The summed E-state index contributed by atoms with van der Waals surface area (Å²) in [6.45, 7) is 8.77. The van der Waals surface area contributed by atoms with Gasteiger partial charge < -0.3 is 15.6 Å². The Balaban J connectivity index is 2.43. The van der Waals surface area contributed by atoms with Gasteiger partial charge in [-0.05, 0) is 19.4 Å². The van der Waals surface area contributed by atoms with Crippen LogP contribution in [0.1, 0.15) is 59.1 Å². The highest BCUT2D eigenvalue weighted by Crippen LogP contribution is 2.24. The Hall–Kier alpha value is -1.36. The predicted octanol–water partition coefficient (Wildman–Crippen LogP) is 3.07. The van der Waals surface area contributed by atoms with E-state index in [4.69, 9.17) is 10.3 Å². The summed E-state index contributed by atoms with van der Waals surface area (Å²) in [5.74, 6) is 1.23. The van der Waals surface area contributed by atoms with E-state index in [-0.39, 0.29) is 17.2 Å². The molecule has 1 atom stereocenters. The maximum absolute atomic E-state index is 12.0. The Kier molecular flexibility index (Phi) is 6.20. The Bertz CT molecular complexity index is 421. The number of nitrogens with two attached hydrogens (primary N) is 1. The SMILES string of the molecule is CC(CCCCCN)C(=O)Nc1cc(C(C)(C)C)on1. The lowest BCUT2D eigenvalue weighted by molar-refractivity contribution is -0.119. The smallest absolute Gasteiger partial charge is 0.228 e. The third-order valence-corrected chi connectivity index (χ3v) is 3.29. The van der Waals surface area contributed by atoms with Crippen LogP contribution >= 0.6 is 0 Å². The Labute approximate surface area is 121 Å². The molecule has 1 unspecified atom stereocenters. The summed E-state index contributed by atoms with van der Waals surface area (Å²) < 4.78 is 5.24. The first-order chi connectivity index (χ1) is 9.34. The second kappa shape index (κ2) is 7.43. The number of carbonyl (C=O) groups excluding carboxylic acids is 1. The van der Waals surface area contributed by atoms with Crippen LogP contribution in [0.5, 0.6) is 0 Å². The molecule has 0 aliphatic rings. The molecule has 20 heavy (non-hydrogen) atoms. The van der Waals surface area contributed by atoms with Crippen LogP contribution in [0.2, 0.25) is 0 Å². The highest BCUT2D eigenvalue weighted by Gasteiger charge is 2.21. The van der Waals surface area contributed by atoms with E-state index < -0.39 is 0 Å². The van der Waals surface area contributed by atoms with Crippen molar-refractivity contribution in [1.82, 2.24) is 5.16 Å². The monoisotopic (exact) mass is 281 g/mol. The maximum atomic E-state index is 12.0. The van der Waals surface area contributed by atoms with Crippen LogP contribution in [0.4, 0.5) is 5.82 Å². The molecule has 1 rings (SSSR count). The molecule has 0 bridgehead atoms. The molecular formula is C15H27N3O2. The zero-order valence-corrected chi connectivity index (χ0v) is 13.0. The molecule has 1 heterocycles. The fraction of sp³-hybridized carbons (Fsp3) is 0.733. The van der Waals surface area contributed by atoms with Gasteiger partial charge in [0.05, 0.1) is 0 Å². The normalized spacial score (nSPS) is 13.2. The van der Waals surface area contributed by atoms with Crippen LogP contribution in [-0.4, -0.2) is 17.6 Å². The highest BCUT2D eigenvalue weighted by molar-refractivity contribution is 5.91. The van der Waals surface area contributed by atoms with Gasteiger partial charge in [-0.1, -0.05) is 45.7 Å². The van der Waals surface area contributed by atoms with E-state index in [9.17, 15) is 4.79 Å². The van der Waals surface area contributed by atoms with Gasteiger partial charge in [-0.25, -0.2) is 0 Å². The molecule has 0 fully saturated rings. The Morgan fingerprint density at radius 3 is 2.65 bits per heavy atom. The number of anilines is 1. The second-order valence-corrected chi connectivity index (χ2v) is 6.35. The number of aromatic nitrogens is 1. The van der Waals surface area contributed by atoms with Crippen molar-refractivity contribution in [3.63, 3.8) is 0 Å². The molecular weight excluding hydrogens is 254 g/mol. The van der Waals surface area contributed by atoms with Crippen LogP contribution in [0.3, 0.4) is 0 Å². The minimum atomic E-state index is -0.107. The number of carbonyl (C=O) groups is 1. The summed E-state index contributed by atoms with van der Waals surface area (Å²) in [6.07, 6.45) is 3.99. The first-order valence-corrected chi connectivity index (χ1v) is 7.32. The van der Waals surface area contributed by atoms with Crippen molar-refractivity contribution in [2.75, 3.05) is 11.9 Å². The average Bonchev–Trinajstić information content (AvgIpc) is 2.82. The van der Waals surface area contributed by atoms with E-state index in [1.807, 2.05) is 27.7 Å². The number of hydrogen-bond donors (Lipinski definition) is 2.